The van der Waals surface area contributed by atoms with Gasteiger partial charge in [-0.3, -0.25) is 4.79 Å². The smallest absolute Gasteiger partial charge is 0.253 e. The number of hydrogen-bond donors (Lipinski definition) is 0. The van der Waals surface area contributed by atoms with Crippen molar-refractivity contribution in [2.45, 2.75) is 57.0 Å². The summed E-state index contributed by atoms with van der Waals surface area (Å²) in [7, 11) is 1.99. The SMILES string of the molecule is CCCN(c1ncccn1)C1CCN(C[C@H]2CC(N(C)C(=O)c3ccccc3)C[C@@H]2c2ccccc2)CC1. The molecule has 1 saturated carbocycles. The molecule has 0 radical (unpaired) electrons. The molecule has 6 heteroatoms. The summed E-state index contributed by atoms with van der Waals surface area (Å²) < 4.78 is 0. The summed E-state index contributed by atoms with van der Waals surface area (Å²) in [5.41, 5.74) is 2.18. The van der Waals surface area contributed by atoms with Gasteiger partial charge in [-0.05, 0) is 67.7 Å². The molecule has 1 saturated heterocycles. The zero-order valence-electron chi connectivity index (χ0n) is 22.8. The second-order valence-electron chi connectivity index (χ2n) is 11.0. The van der Waals surface area contributed by atoms with Gasteiger partial charge in [0.15, 0.2) is 0 Å². The van der Waals surface area contributed by atoms with Crippen LogP contribution in [0.15, 0.2) is 79.1 Å². The summed E-state index contributed by atoms with van der Waals surface area (Å²) in [6.45, 7) is 6.51. The Morgan fingerprint density at radius 2 is 1.55 bits per heavy atom. The van der Waals surface area contributed by atoms with Gasteiger partial charge in [0, 0.05) is 63.3 Å². The minimum Gasteiger partial charge on any atom is -0.339 e. The van der Waals surface area contributed by atoms with Gasteiger partial charge >= 0.3 is 0 Å². The summed E-state index contributed by atoms with van der Waals surface area (Å²) in [5.74, 6) is 2.00. The lowest BCUT2D eigenvalue weighted by atomic mass is 9.88. The third-order valence-electron chi connectivity index (χ3n) is 8.55. The van der Waals surface area contributed by atoms with Crippen molar-refractivity contribution in [3.63, 3.8) is 0 Å². The third-order valence-corrected chi connectivity index (χ3v) is 8.55. The van der Waals surface area contributed by atoms with Crippen molar-refractivity contribution in [1.29, 1.82) is 0 Å². The number of nitrogens with zero attached hydrogens (tertiary/aromatic N) is 5. The Kier molecular flexibility index (Phi) is 8.69. The summed E-state index contributed by atoms with van der Waals surface area (Å²) in [6.07, 6.45) is 9.13. The van der Waals surface area contributed by atoms with Crippen LogP contribution in [0.5, 0.6) is 0 Å². The quantitative estimate of drug-likeness (QED) is 0.380. The topological polar surface area (TPSA) is 52.6 Å². The van der Waals surface area contributed by atoms with E-state index in [0.29, 0.717) is 17.9 Å². The lowest BCUT2D eigenvalue weighted by Gasteiger charge is -2.39. The molecule has 2 heterocycles. The number of carbonyl (C=O) groups is 1. The van der Waals surface area contributed by atoms with Crippen LogP contribution in [0.3, 0.4) is 0 Å². The van der Waals surface area contributed by atoms with Gasteiger partial charge < -0.3 is 14.7 Å². The summed E-state index contributed by atoms with van der Waals surface area (Å²) in [5, 5.41) is 0. The van der Waals surface area contributed by atoms with E-state index in [0.717, 1.165) is 69.8 Å². The Morgan fingerprint density at radius 3 is 2.21 bits per heavy atom. The fourth-order valence-electron chi connectivity index (χ4n) is 6.54. The van der Waals surface area contributed by atoms with Crippen LogP contribution in [0.2, 0.25) is 0 Å². The molecule has 2 aromatic carbocycles. The molecule has 1 unspecified atom stereocenters. The van der Waals surface area contributed by atoms with Crippen molar-refractivity contribution in [2.75, 3.05) is 38.1 Å². The van der Waals surface area contributed by atoms with E-state index in [2.05, 4.69) is 57.0 Å². The zero-order valence-corrected chi connectivity index (χ0v) is 22.8. The van der Waals surface area contributed by atoms with Gasteiger partial charge in [0.1, 0.15) is 0 Å². The average Bonchev–Trinajstić information content (AvgIpc) is 3.40. The van der Waals surface area contributed by atoms with Crippen LogP contribution in [0.4, 0.5) is 5.95 Å². The first-order valence-electron chi connectivity index (χ1n) is 14.3. The largest absolute Gasteiger partial charge is 0.339 e. The number of piperidine rings is 1. The fourth-order valence-corrected chi connectivity index (χ4v) is 6.54. The molecule has 0 bridgehead atoms. The Morgan fingerprint density at radius 1 is 0.895 bits per heavy atom. The van der Waals surface area contributed by atoms with Gasteiger partial charge in [0.25, 0.3) is 5.91 Å². The number of benzene rings is 2. The van der Waals surface area contributed by atoms with Crippen LogP contribution in [-0.2, 0) is 0 Å². The predicted octanol–water partition coefficient (Wildman–Crippen LogP) is 5.49. The van der Waals surface area contributed by atoms with Crippen molar-refractivity contribution in [2.24, 2.45) is 5.92 Å². The monoisotopic (exact) mass is 511 g/mol. The molecule has 200 valence electrons. The predicted molar refractivity (Wildman–Crippen MR) is 153 cm³/mol. The van der Waals surface area contributed by atoms with E-state index in [9.17, 15) is 4.79 Å². The minimum absolute atomic E-state index is 0.128. The second-order valence-corrected chi connectivity index (χ2v) is 11.0. The first kappa shape index (κ1) is 26.4. The summed E-state index contributed by atoms with van der Waals surface area (Å²) >= 11 is 0. The molecule has 2 fully saturated rings. The lowest BCUT2D eigenvalue weighted by Crippen LogP contribution is -2.47. The normalized spacial score (nSPS) is 22.3. The third kappa shape index (κ3) is 6.07. The Labute approximate surface area is 227 Å². The van der Waals surface area contributed by atoms with Gasteiger partial charge in [-0.1, -0.05) is 55.5 Å². The first-order chi connectivity index (χ1) is 18.6. The summed E-state index contributed by atoms with van der Waals surface area (Å²) in [6, 6.07) is 23.3. The molecule has 0 N–H and O–H groups in total. The maximum absolute atomic E-state index is 13.2. The zero-order chi connectivity index (χ0) is 26.3. The van der Waals surface area contributed by atoms with E-state index < -0.39 is 0 Å². The molecule has 2 aliphatic rings. The summed E-state index contributed by atoms with van der Waals surface area (Å²) in [4.78, 5) is 29.4. The molecule has 3 aromatic rings. The molecular formula is C32H41N5O. The molecule has 0 spiro atoms. The molecular weight excluding hydrogens is 470 g/mol. The van der Waals surface area contributed by atoms with Crippen LogP contribution in [-0.4, -0.2) is 71.0 Å². The number of amides is 1. The lowest BCUT2D eigenvalue weighted by molar-refractivity contribution is 0.0729. The highest BCUT2D eigenvalue weighted by atomic mass is 16.2. The Bertz CT molecular complexity index is 1130. The van der Waals surface area contributed by atoms with Gasteiger partial charge in [-0.2, -0.15) is 0 Å². The van der Waals surface area contributed by atoms with Crippen LogP contribution in [0, 0.1) is 5.92 Å². The van der Waals surface area contributed by atoms with Crippen molar-refractivity contribution < 1.29 is 4.79 Å². The highest BCUT2D eigenvalue weighted by Gasteiger charge is 2.39. The maximum Gasteiger partial charge on any atom is 0.253 e. The van der Waals surface area contributed by atoms with Crippen LogP contribution in [0.1, 0.15) is 60.9 Å². The highest BCUT2D eigenvalue weighted by Crippen LogP contribution is 2.42. The van der Waals surface area contributed by atoms with E-state index in [1.807, 2.05) is 60.7 Å². The molecule has 38 heavy (non-hydrogen) atoms. The van der Waals surface area contributed by atoms with Crippen LogP contribution in [0.25, 0.3) is 0 Å². The number of hydrogen-bond acceptors (Lipinski definition) is 5. The van der Waals surface area contributed by atoms with Gasteiger partial charge in [-0.25, -0.2) is 9.97 Å². The number of likely N-dealkylation sites (tertiary alicyclic amines) is 1. The Balaban J connectivity index is 1.25. The standard InChI is InChI=1S/C32H41N5O/c1-3-19-37(32-33-17-10-18-34-32)28-15-20-36(21-16-28)24-27-22-29(23-30(27)25-11-6-4-7-12-25)35(2)31(38)26-13-8-5-9-14-26/h4-14,17-18,27-30H,3,15-16,19-24H2,1-2H3/t27-,29?,30-/m1/s1. The van der Waals surface area contributed by atoms with E-state index in [1.54, 1.807) is 0 Å². The number of rotatable bonds is 9. The first-order valence-corrected chi connectivity index (χ1v) is 14.3. The molecule has 1 amide bonds. The molecule has 3 atom stereocenters. The van der Waals surface area contributed by atoms with E-state index >= 15 is 0 Å². The van der Waals surface area contributed by atoms with Crippen molar-refractivity contribution in [1.82, 2.24) is 19.8 Å². The molecule has 6 nitrogen and oxygen atoms in total. The molecule has 1 aromatic heterocycles. The van der Waals surface area contributed by atoms with Crippen LogP contribution < -0.4 is 4.90 Å². The minimum atomic E-state index is 0.128. The van der Waals surface area contributed by atoms with Gasteiger partial charge in [0.2, 0.25) is 5.95 Å². The van der Waals surface area contributed by atoms with Crippen LogP contribution >= 0.6 is 0 Å². The molecule has 5 rings (SSSR count). The van der Waals surface area contributed by atoms with Gasteiger partial charge in [-0.15, -0.1) is 0 Å². The van der Waals surface area contributed by atoms with E-state index in [4.69, 9.17) is 0 Å². The van der Waals surface area contributed by atoms with E-state index in [1.165, 1.54) is 5.56 Å². The molecule has 1 aliphatic heterocycles. The number of aromatic nitrogens is 2. The maximum atomic E-state index is 13.2. The van der Waals surface area contributed by atoms with Crippen molar-refractivity contribution in [3.05, 3.63) is 90.3 Å². The van der Waals surface area contributed by atoms with E-state index in [-0.39, 0.29) is 11.9 Å². The van der Waals surface area contributed by atoms with Gasteiger partial charge in [0.05, 0.1) is 0 Å². The van der Waals surface area contributed by atoms with Crippen molar-refractivity contribution in [3.8, 4) is 0 Å². The second kappa shape index (κ2) is 12.5. The average molecular weight is 512 g/mol. The molecule has 1 aliphatic carbocycles. The Hall–Kier alpha value is -3.25. The van der Waals surface area contributed by atoms with Crippen molar-refractivity contribution >= 4 is 11.9 Å². The highest BCUT2D eigenvalue weighted by molar-refractivity contribution is 5.94. The fraction of sp³-hybridized carbons (Fsp3) is 0.469. The number of carbonyl (C=O) groups excluding carboxylic acids is 1. The number of anilines is 1.